The predicted octanol–water partition coefficient (Wildman–Crippen LogP) is 2.04. The molecule has 0 unspecified atom stereocenters. The number of nitrogens with one attached hydrogen (secondary N) is 1. The van der Waals surface area contributed by atoms with Gasteiger partial charge in [0.05, 0.1) is 11.2 Å². The number of nitrogens with two attached hydrogens (primary N) is 1. The van der Waals surface area contributed by atoms with Gasteiger partial charge in [-0.1, -0.05) is 0 Å². The van der Waals surface area contributed by atoms with E-state index in [4.69, 9.17) is 11.5 Å². The Morgan fingerprint density at radius 3 is 2.85 bits per heavy atom. The van der Waals surface area contributed by atoms with E-state index in [1.54, 1.807) is 12.1 Å². The van der Waals surface area contributed by atoms with Gasteiger partial charge in [-0.05, 0) is 31.2 Å². The van der Waals surface area contributed by atoms with Gasteiger partial charge in [-0.3, -0.25) is 4.98 Å². The monoisotopic (exact) mass is 172 g/mol. The second-order valence-electron chi connectivity index (χ2n) is 3.08. The molecule has 65 valence electrons. The average molecular weight is 172 g/mol. The van der Waals surface area contributed by atoms with Gasteiger partial charge in [-0.2, -0.15) is 0 Å². The van der Waals surface area contributed by atoms with E-state index in [2.05, 4.69) is 4.98 Å². The molecule has 3 N–H and O–H groups in total. The van der Waals surface area contributed by atoms with Crippen LogP contribution in [0.4, 0.5) is 11.4 Å². The number of anilines is 1. The zero-order chi connectivity index (χ0) is 9.42. The third-order valence-electron chi connectivity index (χ3n) is 1.97. The van der Waals surface area contributed by atoms with Crippen LogP contribution in [0.2, 0.25) is 0 Å². The lowest BCUT2D eigenvalue weighted by atomic mass is 10.1. The lowest BCUT2D eigenvalue weighted by molar-refractivity contribution is 1.26. The molecule has 0 aliphatic heterocycles. The van der Waals surface area contributed by atoms with Crippen molar-refractivity contribution < 1.29 is 0 Å². The Balaban J connectivity index is 2.87. The average Bonchev–Trinajstić information content (AvgIpc) is 2.06. The molecule has 0 bridgehead atoms. The molecule has 0 saturated heterocycles. The van der Waals surface area contributed by atoms with Crippen molar-refractivity contribution in [1.29, 1.82) is 0 Å². The fourth-order valence-corrected chi connectivity index (χ4v) is 1.39. The predicted molar refractivity (Wildman–Crippen MR) is 53.6 cm³/mol. The quantitative estimate of drug-likeness (QED) is 0.660. The van der Waals surface area contributed by atoms with Crippen molar-refractivity contribution in [2.24, 2.45) is 0 Å². The molecule has 0 atom stereocenters. The number of rotatable bonds is 0. The van der Waals surface area contributed by atoms with Gasteiger partial charge in [0.15, 0.2) is 0 Å². The molecule has 0 amide bonds. The molecule has 0 aliphatic rings. The van der Waals surface area contributed by atoms with Crippen LogP contribution in [0.25, 0.3) is 10.9 Å². The van der Waals surface area contributed by atoms with Crippen molar-refractivity contribution in [2.75, 3.05) is 5.73 Å². The molecule has 2 rings (SSSR count). The number of fused-ring (bicyclic) bond motifs is 1. The van der Waals surface area contributed by atoms with Crippen LogP contribution in [-0.2, 0) is 0 Å². The Bertz CT molecular complexity index is 463. The summed E-state index contributed by atoms with van der Waals surface area (Å²) in [5, 5.41) is 0.859. The van der Waals surface area contributed by atoms with Crippen LogP contribution >= 0.6 is 0 Å². The Morgan fingerprint density at radius 1 is 1.31 bits per heavy atom. The van der Waals surface area contributed by atoms with Crippen LogP contribution in [0, 0.1) is 6.92 Å². The van der Waals surface area contributed by atoms with E-state index < -0.39 is 0 Å². The van der Waals surface area contributed by atoms with Crippen molar-refractivity contribution in [1.82, 2.24) is 10.7 Å². The maximum Gasteiger partial charge on any atom is 0.0727 e. The number of hydrogen-bond acceptors (Lipinski definition) is 2. The molecular formula is C10H10N3. The minimum Gasteiger partial charge on any atom is -0.398 e. The van der Waals surface area contributed by atoms with Gasteiger partial charge in [0.2, 0.25) is 0 Å². The van der Waals surface area contributed by atoms with Crippen LogP contribution in [0.3, 0.4) is 0 Å². The molecule has 0 saturated carbocycles. The number of nitrogen functional groups attached to an aromatic ring is 1. The molecule has 0 aliphatic carbocycles. The lowest BCUT2D eigenvalue weighted by Crippen LogP contribution is -1.91. The number of aromatic nitrogens is 1. The summed E-state index contributed by atoms with van der Waals surface area (Å²) in [5.41, 5.74) is 16.2. The molecule has 2 aromatic rings. The first kappa shape index (κ1) is 7.86. The minimum absolute atomic E-state index is 0.463. The summed E-state index contributed by atoms with van der Waals surface area (Å²) in [6, 6.07) is 7.09. The molecule has 0 fully saturated rings. The summed E-state index contributed by atoms with van der Waals surface area (Å²) in [6.07, 6.45) is 0. The molecule has 1 radical (unpaired) electrons. The highest BCUT2D eigenvalue weighted by Crippen LogP contribution is 2.22. The first-order chi connectivity index (χ1) is 6.16. The number of nitrogens with zero attached hydrogens (tertiary/aromatic N) is 1. The fraction of sp³-hybridized carbons (Fsp3) is 0.100. The second-order valence-corrected chi connectivity index (χ2v) is 3.08. The highest BCUT2D eigenvalue weighted by molar-refractivity contribution is 5.92. The fourth-order valence-electron chi connectivity index (χ4n) is 1.39. The standard InChI is InChI=1S/C10H10N3/c1-6-4-9(12)8-5-7(11)2-3-10(8)13-6/h2-5,11H,1H3,(H2,12,13). The van der Waals surface area contributed by atoms with Crippen LogP contribution < -0.4 is 11.5 Å². The van der Waals surface area contributed by atoms with Gasteiger partial charge >= 0.3 is 0 Å². The van der Waals surface area contributed by atoms with Crippen LogP contribution in [0.15, 0.2) is 24.3 Å². The first-order valence-electron chi connectivity index (χ1n) is 4.05. The van der Waals surface area contributed by atoms with Crippen molar-refractivity contribution >= 4 is 22.3 Å². The summed E-state index contributed by atoms with van der Waals surface area (Å²) < 4.78 is 0. The molecule has 0 spiro atoms. The van der Waals surface area contributed by atoms with Crippen molar-refractivity contribution in [3.63, 3.8) is 0 Å². The molecule has 3 nitrogen and oxygen atoms in total. The zero-order valence-corrected chi connectivity index (χ0v) is 7.33. The van der Waals surface area contributed by atoms with E-state index in [1.165, 1.54) is 0 Å². The van der Waals surface area contributed by atoms with E-state index in [0.29, 0.717) is 11.4 Å². The maximum atomic E-state index is 7.44. The molecular weight excluding hydrogens is 162 g/mol. The second kappa shape index (κ2) is 2.62. The van der Waals surface area contributed by atoms with Gasteiger partial charge in [0.25, 0.3) is 0 Å². The summed E-state index contributed by atoms with van der Waals surface area (Å²) in [7, 11) is 0. The van der Waals surface area contributed by atoms with Crippen molar-refractivity contribution in [3.05, 3.63) is 30.0 Å². The Kier molecular flexibility index (Phi) is 1.59. The van der Waals surface area contributed by atoms with Crippen LogP contribution in [0.5, 0.6) is 0 Å². The van der Waals surface area contributed by atoms with Gasteiger partial charge in [-0.15, -0.1) is 0 Å². The molecule has 1 aromatic carbocycles. The Labute approximate surface area is 76.4 Å². The number of pyridine rings is 1. The van der Waals surface area contributed by atoms with Gasteiger partial charge in [0.1, 0.15) is 0 Å². The minimum atomic E-state index is 0.463. The summed E-state index contributed by atoms with van der Waals surface area (Å²) in [6.45, 7) is 1.91. The molecule has 1 aromatic heterocycles. The van der Waals surface area contributed by atoms with E-state index in [0.717, 1.165) is 16.6 Å². The number of aryl methyl sites for hydroxylation is 1. The normalized spacial score (nSPS) is 10.5. The zero-order valence-electron chi connectivity index (χ0n) is 7.33. The van der Waals surface area contributed by atoms with Crippen molar-refractivity contribution in [2.45, 2.75) is 6.92 Å². The molecule has 1 heterocycles. The Morgan fingerprint density at radius 2 is 2.08 bits per heavy atom. The van der Waals surface area contributed by atoms with E-state index in [9.17, 15) is 0 Å². The first-order valence-corrected chi connectivity index (χ1v) is 4.05. The van der Waals surface area contributed by atoms with Crippen LogP contribution in [0.1, 0.15) is 5.69 Å². The van der Waals surface area contributed by atoms with Gasteiger partial charge in [0, 0.05) is 16.8 Å². The van der Waals surface area contributed by atoms with Crippen molar-refractivity contribution in [3.8, 4) is 0 Å². The topological polar surface area (TPSA) is 62.7 Å². The number of benzene rings is 1. The summed E-state index contributed by atoms with van der Waals surface area (Å²) in [4.78, 5) is 4.31. The smallest absolute Gasteiger partial charge is 0.0727 e. The third kappa shape index (κ3) is 1.28. The Hall–Kier alpha value is -1.77. The largest absolute Gasteiger partial charge is 0.398 e. The summed E-state index contributed by atoms with van der Waals surface area (Å²) >= 11 is 0. The van der Waals surface area contributed by atoms with E-state index in [1.807, 2.05) is 19.1 Å². The van der Waals surface area contributed by atoms with Crippen LogP contribution in [-0.4, -0.2) is 4.98 Å². The molecule has 3 heteroatoms. The third-order valence-corrected chi connectivity index (χ3v) is 1.97. The maximum absolute atomic E-state index is 7.44. The highest BCUT2D eigenvalue weighted by atomic mass is 14.7. The SMILES string of the molecule is Cc1cc(N)c2cc([NH])ccc2n1. The van der Waals surface area contributed by atoms with E-state index >= 15 is 0 Å². The van der Waals surface area contributed by atoms with Gasteiger partial charge < -0.3 is 11.5 Å². The van der Waals surface area contributed by atoms with Gasteiger partial charge in [-0.25, -0.2) is 0 Å². The molecule has 13 heavy (non-hydrogen) atoms. The summed E-state index contributed by atoms with van der Waals surface area (Å²) in [5.74, 6) is 0. The number of hydrogen-bond donors (Lipinski definition) is 1. The lowest BCUT2D eigenvalue weighted by Gasteiger charge is -2.03. The highest BCUT2D eigenvalue weighted by Gasteiger charge is 2.00. The van der Waals surface area contributed by atoms with E-state index in [-0.39, 0.29) is 0 Å².